The van der Waals surface area contributed by atoms with E-state index in [-0.39, 0.29) is 92.3 Å². The summed E-state index contributed by atoms with van der Waals surface area (Å²) in [5.74, 6) is -5.99. The third-order valence-corrected chi connectivity index (χ3v) is 5.87. The zero-order valence-electron chi connectivity index (χ0n) is 22.3. The van der Waals surface area contributed by atoms with Crippen molar-refractivity contribution in [3.8, 4) is 0 Å². The molecule has 40 heavy (non-hydrogen) atoms. The van der Waals surface area contributed by atoms with Gasteiger partial charge in [-0.2, -0.15) is 0 Å². The Kier molecular flexibility index (Phi) is 20.2. The molecule has 0 aliphatic carbocycles. The maximum Gasteiger partial charge on any atom is 3.00 e. The second-order valence-electron chi connectivity index (χ2n) is 8.82. The number of nitrogens with one attached hydrogen (secondary N) is 2. The molecule has 0 aromatic carbocycles. The quantitative estimate of drug-likeness (QED) is 0.239. The number of carboxylic acids is 4. The van der Waals surface area contributed by atoms with Crippen molar-refractivity contribution < 1.29 is 89.3 Å². The molecule has 1 fully saturated rings. The van der Waals surface area contributed by atoms with Gasteiger partial charge in [-0.25, -0.2) is 4.98 Å². The van der Waals surface area contributed by atoms with Gasteiger partial charge in [0.05, 0.1) is 36.5 Å². The van der Waals surface area contributed by atoms with E-state index in [1.54, 1.807) is 11.8 Å². The van der Waals surface area contributed by atoms with Crippen LogP contribution in [0.25, 0.3) is 0 Å². The van der Waals surface area contributed by atoms with E-state index < -0.39 is 62.0 Å². The molecule has 1 aliphatic rings. The molecule has 15 nitrogen and oxygen atoms in total. The predicted molar refractivity (Wildman–Crippen MR) is 126 cm³/mol. The Labute approximate surface area is 264 Å². The van der Waals surface area contributed by atoms with E-state index in [1.807, 2.05) is 30.6 Å². The van der Waals surface area contributed by atoms with Crippen LogP contribution in [0.5, 0.6) is 0 Å². The topological polar surface area (TPSA) is 217 Å². The van der Waals surface area contributed by atoms with Crippen LogP contribution in [0.2, 0.25) is 0 Å². The fourth-order valence-electron chi connectivity index (χ4n) is 3.78. The van der Waals surface area contributed by atoms with Crippen LogP contribution >= 0.6 is 0 Å². The maximum absolute atomic E-state index is 12.3. The standard InChI is InChI=1S/C19H33N5O9.C5H5N.Gd/c1-14(19(33)20-10-15(25)26)24-8-6-22(12-17(29)30)4-2-21(11-16(27)28)3-5-23(7-9-24)13-18(31)32;1-2-4-6-5-3-1;/h14H,2-13H2,1H3,(H,20,33)(H,25,26)(H,27,28)(H,29,30)(H,31,32);1-5H;/q;;+3/p-3. The molecule has 1 aromatic heterocycles. The zero-order valence-corrected chi connectivity index (χ0v) is 24.5. The zero-order chi connectivity index (χ0) is 29.2. The molecule has 1 radical (unpaired) electrons. The molecule has 223 valence electrons. The van der Waals surface area contributed by atoms with E-state index in [2.05, 4.69) is 10.3 Å². The van der Waals surface area contributed by atoms with Crippen molar-refractivity contribution in [2.45, 2.75) is 13.0 Å². The van der Waals surface area contributed by atoms with Crippen LogP contribution in [-0.4, -0.2) is 134 Å². The minimum Gasteiger partial charge on any atom is -0.549 e. The van der Waals surface area contributed by atoms with Crippen LogP contribution in [0.4, 0.5) is 0 Å². The Morgan fingerprint density at radius 3 is 1.32 bits per heavy atom. The van der Waals surface area contributed by atoms with E-state index in [4.69, 9.17) is 0 Å². The van der Waals surface area contributed by atoms with Crippen LogP contribution < -0.4 is 30.7 Å². The van der Waals surface area contributed by atoms with Crippen molar-refractivity contribution in [3.05, 3.63) is 30.6 Å². The molecule has 0 bridgehead atoms. The first-order chi connectivity index (χ1) is 18.5. The van der Waals surface area contributed by atoms with Gasteiger partial charge in [-0.3, -0.25) is 24.4 Å². The van der Waals surface area contributed by atoms with Crippen molar-refractivity contribution in [2.75, 3.05) is 78.5 Å². The van der Waals surface area contributed by atoms with Crippen molar-refractivity contribution in [3.63, 3.8) is 0 Å². The van der Waals surface area contributed by atoms with Crippen LogP contribution in [-0.2, 0) is 24.0 Å². The minimum absolute atomic E-state index is 0. The average molecular weight is 709 g/mol. The third kappa shape index (κ3) is 18.1. The average Bonchev–Trinajstić information content (AvgIpc) is 2.87. The smallest absolute Gasteiger partial charge is 0.549 e. The van der Waals surface area contributed by atoms with Crippen molar-refractivity contribution >= 4 is 29.8 Å². The molecular weight excluding hydrogens is 674 g/mol. The maximum atomic E-state index is 12.3. The summed E-state index contributed by atoms with van der Waals surface area (Å²) in [7, 11) is 0. The second-order valence-corrected chi connectivity index (χ2v) is 8.82. The summed E-state index contributed by atoms with van der Waals surface area (Å²) in [5, 5.41) is 46.2. The summed E-state index contributed by atoms with van der Waals surface area (Å²) in [5.41, 5.74) is 0. The number of carbonyl (C=O) groups excluding carboxylic acids is 5. The first-order valence-electron chi connectivity index (χ1n) is 12.4. The van der Waals surface area contributed by atoms with Gasteiger partial charge in [0.2, 0.25) is 5.91 Å². The molecule has 1 unspecified atom stereocenters. The number of aliphatic carboxylic acids is 4. The van der Waals surface area contributed by atoms with E-state index in [9.17, 15) is 44.4 Å². The molecule has 16 heteroatoms. The molecular formula is C24H35GdN6O9. The predicted octanol–water partition coefficient (Wildman–Crippen LogP) is -7.79. The number of rotatable bonds is 10. The number of amides is 1. The van der Waals surface area contributed by atoms with Gasteiger partial charge in [0.1, 0.15) is 0 Å². The van der Waals surface area contributed by atoms with Gasteiger partial charge in [0.15, 0.2) is 12.4 Å². The Bertz CT molecular complexity index is 869. The first kappa shape index (κ1) is 37.7. The molecule has 0 spiro atoms. The Morgan fingerprint density at radius 2 is 1.05 bits per heavy atom. The molecule has 2 rings (SSSR count). The largest absolute Gasteiger partial charge is 3.00 e. The van der Waals surface area contributed by atoms with Gasteiger partial charge in [-0.05, 0) is 6.92 Å². The van der Waals surface area contributed by atoms with E-state index >= 15 is 0 Å². The summed E-state index contributed by atoms with van der Waals surface area (Å²) in [4.78, 5) is 65.5. The van der Waals surface area contributed by atoms with Gasteiger partial charge in [0.25, 0.3) is 0 Å². The molecule has 1 aliphatic heterocycles. The van der Waals surface area contributed by atoms with Crippen LogP contribution in [0.3, 0.4) is 0 Å². The SMILES string of the molecule is CC(C(=O)NCC(=O)[O-])N1CCN(CC(=O)[O-])CCN(CC(=O)[O-])CCN(CC(=O)[O-])CC1.[Gd+3].c1cc[nH+]cc1. The van der Waals surface area contributed by atoms with Crippen molar-refractivity contribution in [1.82, 2.24) is 24.9 Å². The summed E-state index contributed by atoms with van der Waals surface area (Å²) in [6.07, 6.45) is 3.75. The number of nitrogens with zero attached hydrogens (tertiary/aromatic N) is 4. The minimum atomic E-state index is -1.45. The van der Waals surface area contributed by atoms with Gasteiger partial charge in [-0.1, -0.05) is 6.07 Å². The monoisotopic (exact) mass is 709 g/mol. The molecule has 1 saturated heterocycles. The Morgan fingerprint density at radius 1 is 0.675 bits per heavy atom. The molecule has 1 atom stereocenters. The van der Waals surface area contributed by atoms with Crippen LogP contribution in [0.1, 0.15) is 6.92 Å². The molecule has 2 N–H and O–H groups in total. The fraction of sp³-hybridized carbons (Fsp3) is 0.583. The van der Waals surface area contributed by atoms with Gasteiger partial charge < -0.3 is 44.9 Å². The first-order valence-corrected chi connectivity index (χ1v) is 12.4. The summed E-state index contributed by atoms with van der Waals surface area (Å²) in [6.45, 7) is 1.16. The Hall–Kier alpha value is -2.34. The summed E-state index contributed by atoms with van der Waals surface area (Å²) < 4.78 is 0. The second kappa shape index (κ2) is 21.4. The number of aromatic nitrogens is 1. The normalized spacial score (nSPS) is 16.9. The summed E-state index contributed by atoms with van der Waals surface area (Å²) in [6, 6.07) is 5.06. The molecule has 1 amide bonds. The molecule has 2 heterocycles. The number of pyridine rings is 1. The number of carbonyl (C=O) groups is 5. The van der Waals surface area contributed by atoms with Crippen molar-refractivity contribution in [1.29, 1.82) is 0 Å². The van der Waals surface area contributed by atoms with Crippen LogP contribution in [0, 0.1) is 39.9 Å². The number of hydrogen-bond acceptors (Lipinski definition) is 13. The van der Waals surface area contributed by atoms with Crippen molar-refractivity contribution in [2.24, 2.45) is 0 Å². The van der Waals surface area contributed by atoms with Gasteiger partial charge >= 0.3 is 39.9 Å². The van der Waals surface area contributed by atoms with E-state index in [0.717, 1.165) is 0 Å². The summed E-state index contributed by atoms with van der Waals surface area (Å²) >= 11 is 0. The molecule has 0 saturated carbocycles. The van der Waals surface area contributed by atoms with E-state index in [0.29, 0.717) is 0 Å². The number of aromatic amines is 1. The third-order valence-electron chi connectivity index (χ3n) is 5.87. The number of carboxylic acid groups (broad SMARTS) is 4. The van der Waals surface area contributed by atoms with Crippen LogP contribution in [0.15, 0.2) is 30.6 Å². The Balaban J connectivity index is 0.00000191. The van der Waals surface area contributed by atoms with Gasteiger partial charge in [-0.15, -0.1) is 0 Å². The molecule has 1 aromatic rings. The number of hydrogen-bond donors (Lipinski definition) is 1. The number of H-pyrrole nitrogens is 1. The van der Waals surface area contributed by atoms with E-state index in [1.165, 1.54) is 14.7 Å². The fourth-order valence-corrected chi connectivity index (χ4v) is 3.78. The van der Waals surface area contributed by atoms with Gasteiger partial charge in [0, 0.05) is 84.1 Å².